The third kappa shape index (κ3) is 3.09. The fraction of sp³-hybridized carbons (Fsp3) is 0.632. The zero-order valence-corrected chi connectivity index (χ0v) is 13.7. The van der Waals surface area contributed by atoms with Gasteiger partial charge in [-0.15, -0.1) is 0 Å². The monoisotopic (exact) mass is 314 g/mol. The van der Waals surface area contributed by atoms with Crippen molar-refractivity contribution in [1.29, 1.82) is 0 Å². The third-order valence-corrected chi connectivity index (χ3v) is 5.87. The summed E-state index contributed by atoms with van der Waals surface area (Å²) in [5, 5.41) is 3.21. The molecule has 4 nitrogen and oxygen atoms in total. The van der Waals surface area contributed by atoms with E-state index in [-0.39, 0.29) is 11.8 Å². The first kappa shape index (κ1) is 15.0. The normalized spacial score (nSPS) is 29.7. The van der Waals surface area contributed by atoms with Crippen molar-refractivity contribution in [2.45, 2.75) is 32.2 Å². The molecule has 1 aromatic carbocycles. The smallest absolute Gasteiger partial charge is 0.223 e. The third-order valence-electron chi connectivity index (χ3n) is 5.87. The summed E-state index contributed by atoms with van der Waals surface area (Å²) in [5.74, 6) is 2.00. The quantitative estimate of drug-likeness (QED) is 0.929. The van der Waals surface area contributed by atoms with Crippen LogP contribution >= 0.6 is 0 Å². The number of nitrogens with one attached hydrogen (secondary N) is 1. The van der Waals surface area contributed by atoms with E-state index in [1.54, 1.807) is 0 Å². The number of carbonyl (C=O) groups is 1. The Kier molecular flexibility index (Phi) is 4.25. The van der Waals surface area contributed by atoms with Gasteiger partial charge < -0.3 is 15.0 Å². The van der Waals surface area contributed by atoms with E-state index in [0.717, 1.165) is 38.6 Å². The summed E-state index contributed by atoms with van der Waals surface area (Å²) in [5.41, 5.74) is 2.45. The molecular formula is C19H26N2O2. The van der Waals surface area contributed by atoms with Crippen molar-refractivity contribution < 1.29 is 9.53 Å². The number of nitrogens with zero attached hydrogens (tertiary/aromatic N) is 1. The van der Waals surface area contributed by atoms with Crippen LogP contribution in [0, 0.1) is 17.8 Å². The molecule has 1 amide bonds. The predicted molar refractivity (Wildman–Crippen MR) is 90.3 cm³/mol. The maximum Gasteiger partial charge on any atom is 0.223 e. The van der Waals surface area contributed by atoms with Crippen LogP contribution in [0.1, 0.15) is 31.2 Å². The molecule has 1 aromatic rings. The standard InChI is InChI=1S/C19H26N2O2/c22-19(17-12-14-5-6-15(17)11-14)20-13-16-3-1-2-4-18(16)21-7-9-23-10-8-21/h1-4,14-15,17H,5-13H2,(H,20,22)/t14-,15-,17-/m0/s1. The number of para-hydroxylation sites is 1. The van der Waals surface area contributed by atoms with Crippen LogP contribution in [-0.4, -0.2) is 32.2 Å². The highest BCUT2D eigenvalue weighted by Gasteiger charge is 2.42. The number of ether oxygens (including phenoxy) is 1. The summed E-state index contributed by atoms with van der Waals surface area (Å²) in [6.45, 7) is 4.06. The second-order valence-corrected chi connectivity index (χ2v) is 7.23. The second kappa shape index (κ2) is 6.52. The lowest BCUT2D eigenvalue weighted by atomic mass is 9.88. The fourth-order valence-electron chi connectivity index (χ4n) is 4.65. The SMILES string of the molecule is O=C(NCc1ccccc1N1CCOCC1)[C@H]1C[C@H]2CC[C@H]1C2. The molecule has 4 heteroatoms. The van der Waals surface area contributed by atoms with E-state index in [1.165, 1.54) is 30.5 Å². The van der Waals surface area contributed by atoms with E-state index in [9.17, 15) is 4.79 Å². The lowest BCUT2D eigenvalue weighted by Gasteiger charge is -2.31. The maximum absolute atomic E-state index is 12.6. The Morgan fingerprint density at radius 2 is 2.00 bits per heavy atom. The van der Waals surface area contributed by atoms with Crippen LogP contribution in [0.2, 0.25) is 0 Å². The van der Waals surface area contributed by atoms with Gasteiger partial charge in [0.1, 0.15) is 0 Å². The van der Waals surface area contributed by atoms with Gasteiger partial charge in [-0.1, -0.05) is 24.6 Å². The van der Waals surface area contributed by atoms with Crippen LogP contribution in [0.15, 0.2) is 24.3 Å². The van der Waals surface area contributed by atoms with Gasteiger partial charge in [0, 0.05) is 31.2 Å². The van der Waals surface area contributed by atoms with Crippen LogP contribution in [0.25, 0.3) is 0 Å². The van der Waals surface area contributed by atoms with E-state index in [1.807, 2.05) is 0 Å². The molecule has 0 radical (unpaired) electrons. The van der Waals surface area contributed by atoms with Gasteiger partial charge in [0.15, 0.2) is 0 Å². The van der Waals surface area contributed by atoms with Crippen molar-refractivity contribution in [1.82, 2.24) is 5.32 Å². The summed E-state index contributed by atoms with van der Waals surface area (Å²) in [6.07, 6.45) is 4.99. The molecule has 124 valence electrons. The van der Waals surface area contributed by atoms with Gasteiger partial charge in [0.2, 0.25) is 5.91 Å². The second-order valence-electron chi connectivity index (χ2n) is 7.23. The molecule has 0 aromatic heterocycles. The first-order valence-electron chi connectivity index (χ1n) is 8.99. The lowest BCUT2D eigenvalue weighted by molar-refractivity contribution is -0.126. The fourth-order valence-corrected chi connectivity index (χ4v) is 4.65. The Morgan fingerprint density at radius 1 is 1.17 bits per heavy atom. The number of hydrogen-bond acceptors (Lipinski definition) is 3. The average Bonchev–Trinajstić information content (AvgIpc) is 3.24. The lowest BCUT2D eigenvalue weighted by Crippen LogP contribution is -2.38. The molecule has 2 saturated carbocycles. The van der Waals surface area contributed by atoms with Crippen molar-refractivity contribution in [3.8, 4) is 0 Å². The number of rotatable bonds is 4. The molecule has 0 unspecified atom stereocenters. The van der Waals surface area contributed by atoms with Gasteiger partial charge in [-0.25, -0.2) is 0 Å². The minimum absolute atomic E-state index is 0.268. The Bertz CT molecular complexity index is 568. The minimum Gasteiger partial charge on any atom is -0.378 e. The highest BCUT2D eigenvalue weighted by atomic mass is 16.5. The van der Waals surface area contributed by atoms with Crippen LogP contribution in [0.3, 0.4) is 0 Å². The molecule has 1 aliphatic heterocycles. The van der Waals surface area contributed by atoms with Crippen LogP contribution < -0.4 is 10.2 Å². The van der Waals surface area contributed by atoms with Gasteiger partial charge in [-0.2, -0.15) is 0 Å². The molecule has 1 heterocycles. The Labute approximate surface area is 138 Å². The number of carbonyl (C=O) groups excluding carboxylic acids is 1. The minimum atomic E-state index is 0.268. The number of amides is 1. The highest BCUT2D eigenvalue weighted by molar-refractivity contribution is 5.79. The van der Waals surface area contributed by atoms with E-state index in [4.69, 9.17) is 4.74 Å². The van der Waals surface area contributed by atoms with Crippen LogP contribution in [0.5, 0.6) is 0 Å². The number of anilines is 1. The van der Waals surface area contributed by atoms with Gasteiger partial charge in [-0.05, 0) is 42.7 Å². The van der Waals surface area contributed by atoms with Gasteiger partial charge in [-0.3, -0.25) is 4.79 Å². The van der Waals surface area contributed by atoms with Crippen molar-refractivity contribution in [3.05, 3.63) is 29.8 Å². The largest absolute Gasteiger partial charge is 0.378 e. The summed E-state index contributed by atoms with van der Waals surface area (Å²) >= 11 is 0. The Hall–Kier alpha value is -1.55. The maximum atomic E-state index is 12.6. The Balaban J connectivity index is 1.40. The van der Waals surface area contributed by atoms with Gasteiger partial charge >= 0.3 is 0 Å². The first-order valence-corrected chi connectivity index (χ1v) is 8.99. The van der Waals surface area contributed by atoms with Crippen LogP contribution in [0.4, 0.5) is 5.69 Å². The van der Waals surface area contributed by atoms with Gasteiger partial charge in [0.05, 0.1) is 13.2 Å². The molecule has 3 atom stereocenters. The molecule has 1 N–H and O–H groups in total. The molecule has 3 aliphatic rings. The molecule has 2 aliphatic carbocycles. The molecule has 2 bridgehead atoms. The van der Waals surface area contributed by atoms with E-state index in [2.05, 4.69) is 34.5 Å². The summed E-state index contributed by atoms with van der Waals surface area (Å²) in [6, 6.07) is 8.42. The molecular weight excluding hydrogens is 288 g/mol. The molecule has 3 fully saturated rings. The van der Waals surface area contributed by atoms with Crippen molar-refractivity contribution >= 4 is 11.6 Å². The van der Waals surface area contributed by atoms with E-state index >= 15 is 0 Å². The van der Waals surface area contributed by atoms with Gasteiger partial charge in [0.25, 0.3) is 0 Å². The predicted octanol–water partition coefficient (Wildman–Crippen LogP) is 2.58. The topological polar surface area (TPSA) is 41.6 Å². The number of benzene rings is 1. The molecule has 23 heavy (non-hydrogen) atoms. The number of fused-ring (bicyclic) bond motifs is 2. The van der Waals surface area contributed by atoms with E-state index < -0.39 is 0 Å². The summed E-state index contributed by atoms with van der Waals surface area (Å²) < 4.78 is 5.44. The molecule has 4 rings (SSSR count). The summed E-state index contributed by atoms with van der Waals surface area (Å²) in [4.78, 5) is 14.9. The Morgan fingerprint density at radius 3 is 2.74 bits per heavy atom. The van der Waals surface area contributed by atoms with E-state index in [0.29, 0.717) is 12.5 Å². The first-order chi connectivity index (χ1) is 11.3. The van der Waals surface area contributed by atoms with Crippen molar-refractivity contribution in [3.63, 3.8) is 0 Å². The zero-order valence-electron chi connectivity index (χ0n) is 13.7. The molecule has 1 saturated heterocycles. The number of hydrogen-bond donors (Lipinski definition) is 1. The zero-order chi connectivity index (χ0) is 15.6. The van der Waals surface area contributed by atoms with Crippen molar-refractivity contribution in [2.24, 2.45) is 17.8 Å². The summed E-state index contributed by atoms with van der Waals surface area (Å²) in [7, 11) is 0. The number of morpholine rings is 1. The van der Waals surface area contributed by atoms with Crippen LogP contribution in [-0.2, 0) is 16.1 Å². The highest BCUT2D eigenvalue weighted by Crippen LogP contribution is 2.48. The molecule has 0 spiro atoms. The average molecular weight is 314 g/mol. The van der Waals surface area contributed by atoms with Crippen molar-refractivity contribution in [2.75, 3.05) is 31.2 Å².